The van der Waals surface area contributed by atoms with Crippen LogP contribution in [-0.2, 0) is 6.54 Å². The van der Waals surface area contributed by atoms with Crippen LogP contribution in [-0.4, -0.2) is 18.8 Å². The quantitative estimate of drug-likeness (QED) is 0.847. The van der Waals surface area contributed by atoms with Crippen molar-refractivity contribution in [1.29, 1.82) is 0 Å². The summed E-state index contributed by atoms with van der Waals surface area (Å²) in [5, 5.41) is 10.1. The van der Waals surface area contributed by atoms with Gasteiger partial charge in [-0.25, -0.2) is 0 Å². The van der Waals surface area contributed by atoms with Crippen molar-refractivity contribution in [3.8, 4) is 11.5 Å². The van der Waals surface area contributed by atoms with Gasteiger partial charge in [0.2, 0.25) is 0 Å². The molecule has 0 aliphatic heterocycles. The molecule has 1 unspecified atom stereocenters. The van der Waals surface area contributed by atoms with Crippen LogP contribution in [0.2, 0.25) is 0 Å². The molecule has 0 radical (unpaired) electrons. The first kappa shape index (κ1) is 14.4. The van der Waals surface area contributed by atoms with Crippen molar-refractivity contribution in [3.63, 3.8) is 0 Å². The average Bonchev–Trinajstić information content (AvgIpc) is 2.52. The van der Waals surface area contributed by atoms with Crippen molar-refractivity contribution in [2.24, 2.45) is 5.73 Å². The molecule has 2 aromatic rings. The molecule has 0 spiro atoms. The minimum atomic E-state index is -0.688. The molecule has 20 heavy (non-hydrogen) atoms. The van der Waals surface area contributed by atoms with Crippen LogP contribution in [0, 0.1) is 0 Å². The van der Waals surface area contributed by atoms with Crippen molar-refractivity contribution >= 4 is 0 Å². The first-order valence-corrected chi connectivity index (χ1v) is 6.48. The van der Waals surface area contributed by atoms with E-state index in [1.165, 1.54) is 0 Å². The molecule has 2 rings (SSSR count). The summed E-state index contributed by atoms with van der Waals surface area (Å²) in [6.45, 7) is 0.505. The van der Waals surface area contributed by atoms with Gasteiger partial charge in [0.1, 0.15) is 12.7 Å². The fourth-order valence-electron chi connectivity index (χ4n) is 1.98. The largest absolute Gasteiger partial charge is 0.493 e. The number of aliphatic hydroxyl groups is 1. The molecular weight excluding hydrogens is 254 g/mol. The first-order valence-electron chi connectivity index (χ1n) is 6.48. The maximum atomic E-state index is 10.1. The molecule has 1 atom stereocenters. The van der Waals surface area contributed by atoms with Crippen LogP contribution < -0.4 is 15.2 Å². The van der Waals surface area contributed by atoms with Crippen LogP contribution in [0.5, 0.6) is 11.5 Å². The van der Waals surface area contributed by atoms with Crippen molar-refractivity contribution in [2.75, 3.05) is 13.7 Å². The molecule has 0 fully saturated rings. The van der Waals surface area contributed by atoms with Gasteiger partial charge in [-0.3, -0.25) is 0 Å². The van der Waals surface area contributed by atoms with Crippen LogP contribution >= 0.6 is 0 Å². The summed E-state index contributed by atoms with van der Waals surface area (Å²) in [6, 6.07) is 14.9. The Morgan fingerprint density at radius 3 is 2.50 bits per heavy atom. The molecule has 0 bridgehead atoms. The lowest BCUT2D eigenvalue weighted by Gasteiger charge is -2.17. The monoisotopic (exact) mass is 273 g/mol. The zero-order valence-corrected chi connectivity index (χ0v) is 11.5. The Hall–Kier alpha value is -2.04. The Labute approximate surface area is 118 Å². The van der Waals surface area contributed by atoms with Crippen molar-refractivity contribution in [2.45, 2.75) is 12.6 Å². The minimum absolute atomic E-state index is 0.150. The van der Waals surface area contributed by atoms with Crippen molar-refractivity contribution < 1.29 is 14.6 Å². The van der Waals surface area contributed by atoms with E-state index in [1.54, 1.807) is 7.11 Å². The lowest BCUT2D eigenvalue weighted by Crippen LogP contribution is -2.12. The lowest BCUT2D eigenvalue weighted by atomic mass is 10.1. The van der Waals surface area contributed by atoms with Crippen molar-refractivity contribution in [1.82, 2.24) is 0 Å². The van der Waals surface area contributed by atoms with Crippen LogP contribution in [0.1, 0.15) is 17.2 Å². The minimum Gasteiger partial charge on any atom is -0.493 e. The van der Waals surface area contributed by atoms with E-state index in [9.17, 15) is 5.11 Å². The number of benzene rings is 2. The summed E-state index contributed by atoms with van der Waals surface area (Å²) in [5.41, 5.74) is 7.36. The summed E-state index contributed by atoms with van der Waals surface area (Å²) < 4.78 is 11.0. The van der Waals surface area contributed by atoms with Crippen LogP contribution in [0.15, 0.2) is 48.5 Å². The van der Waals surface area contributed by atoms with E-state index in [0.29, 0.717) is 18.0 Å². The fraction of sp³-hybridized carbons (Fsp3) is 0.250. The number of nitrogens with two attached hydrogens (primary N) is 1. The van der Waals surface area contributed by atoms with E-state index in [2.05, 4.69) is 0 Å². The van der Waals surface area contributed by atoms with Gasteiger partial charge < -0.3 is 20.3 Å². The second-order valence-corrected chi connectivity index (χ2v) is 4.39. The van der Waals surface area contributed by atoms with E-state index < -0.39 is 6.10 Å². The van der Waals surface area contributed by atoms with Gasteiger partial charge >= 0.3 is 0 Å². The zero-order chi connectivity index (χ0) is 14.4. The average molecular weight is 273 g/mol. The van der Waals surface area contributed by atoms with E-state index in [4.69, 9.17) is 15.2 Å². The smallest absolute Gasteiger partial charge is 0.165 e. The van der Waals surface area contributed by atoms with Gasteiger partial charge in [-0.15, -0.1) is 0 Å². The van der Waals surface area contributed by atoms with Gasteiger partial charge in [-0.2, -0.15) is 0 Å². The maximum Gasteiger partial charge on any atom is 0.165 e. The van der Waals surface area contributed by atoms with E-state index in [0.717, 1.165) is 11.1 Å². The summed E-state index contributed by atoms with van der Waals surface area (Å²) in [7, 11) is 1.58. The molecule has 0 aliphatic carbocycles. The number of methoxy groups -OCH3 is 1. The predicted molar refractivity (Wildman–Crippen MR) is 77.8 cm³/mol. The second-order valence-electron chi connectivity index (χ2n) is 4.39. The topological polar surface area (TPSA) is 64.7 Å². The fourth-order valence-corrected chi connectivity index (χ4v) is 1.98. The third kappa shape index (κ3) is 3.29. The molecule has 4 heteroatoms. The summed E-state index contributed by atoms with van der Waals surface area (Å²) in [6.07, 6.45) is -0.688. The molecule has 0 amide bonds. The lowest BCUT2D eigenvalue weighted by molar-refractivity contribution is 0.106. The van der Waals surface area contributed by atoms with Crippen LogP contribution in [0.4, 0.5) is 0 Å². The molecule has 0 aromatic heterocycles. The molecule has 106 valence electrons. The molecule has 0 saturated carbocycles. The highest BCUT2D eigenvalue weighted by Gasteiger charge is 2.13. The van der Waals surface area contributed by atoms with Gasteiger partial charge in [-0.05, 0) is 11.6 Å². The first-order chi connectivity index (χ1) is 9.76. The van der Waals surface area contributed by atoms with Gasteiger partial charge in [0.05, 0.1) is 7.11 Å². The third-order valence-electron chi connectivity index (χ3n) is 3.07. The van der Waals surface area contributed by atoms with Gasteiger partial charge in [-0.1, -0.05) is 42.5 Å². The Kier molecular flexibility index (Phi) is 4.98. The molecular formula is C16H19NO3. The third-order valence-corrected chi connectivity index (χ3v) is 3.07. The van der Waals surface area contributed by atoms with E-state index >= 15 is 0 Å². The number of para-hydroxylation sites is 1. The Morgan fingerprint density at radius 2 is 1.85 bits per heavy atom. The Morgan fingerprint density at radius 1 is 1.10 bits per heavy atom. The molecule has 4 nitrogen and oxygen atoms in total. The van der Waals surface area contributed by atoms with E-state index in [1.807, 2.05) is 48.5 Å². The molecule has 0 aliphatic rings. The number of ether oxygens (including phenoxy) is 2. The standard InChI is InChI=1S/C16H19NO3/c1-19-15-9-5-8-13(10-17)16(15)20-11-14(18)12-6-3-2-4-7-12/h2-9,14,18H,10-11,17H2,1H3. The molecule has 2 aromatic carbocycles. The number of hydrogen-bond donors (Lipinski definition) is 2. The van der Waals surface area contributed by atoms with Gasteiger partial charge in [0.15, 0.2) is 11.5 Å². The second kappa shape index (κ2) is 6.93. The maximum absolute atomic E-state index is 10.1. The predicted octanol–water partition coefficient (Wildman–Crippen LogP) is 2.27. The summed E-state index contributed by atoms with van der Waals surface area (Å²) >= 11 is 0. The molecule has 0 saturated heterocycles. The normalized spacial score (nSPS) is 11.9. The van der Waals surface area contributed by atoms with Crippen molar-refractivity contribution in [3.05, 3.63) is 59.7 Å². The summed E-state index contributed by atoms with van der Waals surface area (Å²) in [4.78, 5) is 0. The molecule has 3 N–H and O–H groups in total. The van der Waals surface area contributed by atoms with E-state index in [-0.39, 0.29) is 6.61 Å². The van der Waals surface area contributed by atoms with Crippen LogP contribution in [0.25, 0.3) is 0 Å². The SMILES string of the molecule is COc1cccc(CN)c1OCC(O)c1ccccc1. The molecule has 0 heterocycles. The van der Waals surface area contributed by atoms with Crippen LogP contribution in [0.3, 0.4) is 0 Å². The highest BCUT2D eigenvalue weighted by molar-refractivity contribution is 5.46. The number of aliphatic hydroxyl groups excluding tert-OH is 1. The Balaban J connectivity index is 2.11. The van der Waals surface area contributed by atoms with Gasteiger partial charge in [0, 0.05) is 12.1 Å². The Bertz CT molecular complexity index is 520. The number of rotatable bonds is 6. The highest BCUT2D eigenvalue weighted by atomic mass is 16.5. The number of hydrogen-bond acceptors (Lipinski definition) is 4. The zero-order valence-electron chi connectivity index (χ0n) is 11.5. The summed E-state index contributed by atoms with van der Waals surface area (Å²) in [5.74, 6) is 1.21. The van der Waals surface area contributed by atoms with Gasteiger partial charge in [0.25, 0.3) is 0 Å². The highest BCUT2D eigenvalue weighted by Crippen LogP contribution is 2.31.